The fourth-order valence-electron chi connectivity index (χ4n) is 3.95. The number of amides is 2. The Kier molecular flexibility index (Phi) is 7.81. The molecule has 0 bridgehead atoms. The number of primary amides is 1. The predicted octanol–water partition coefficient (Wildman–Crippen LogP) is 3.23. The van der Waals surface area contributed by atoms with Gasteiger partial charge in [-0.05, 0) is 63.2 Å². The number of nitrogens with zero attached hydrogens (tertiary/aromatic N) is 1. The van der Waals surface area contributed by atoms with Gasteiger partial charge in [0.2, 0.25) is 5.91 Å². The molecule has 3 rings (SSSR count). The van der Waals surface area contributed by atoms with E-state index in [-0.39, 0.29) is 29.5 Å². The molecule has 1 aromatic heterocycles. The number of benzene rings is 1. The summed E-state index contributed by atoms with van der Waals surface area (Å²) in [4.78, 5) is 39.1. The van der Waals surface area contributed by atoms with Crippen molar-refractivity contribution in [3.8, 4) is 0 Å². The predicted molar refractivity (Wildman–Crippen MR) is 121 cm³/mol. The molecular weight excluding hydrogens is 414 g/mol. The molecule has 0 aliphatic carbocycles. The van der Waals surface area contributed by atoms with Crippen molar-refractivity contribution in [3.05, 3.63) is 51.9 Å². The van der Waals surface area contributed by atoms with Crippen molar-refractivity contribution in [3.63, 3.8) is 0 Å². The summed E-state index contributed by atoms with van der Waals surface area (Å²) in [6.07, 6.45) is 3.15. The Bertz CT molecular complexity index is 934. The van der Waals surface area contributed by atoms with Gasteiger partial charge in [0, 0.05) is 0 Å². The summed E-state index contributed by atoms with van der Waals surface area (Å²) < 4.78 is 5.09. The van der Waals surface area contributed by atoms with Crippen LogP contribution in [-0.4, -0.2) is 48.9 Å². The van der Waals surface area contributed by atoms with E-state index in [0.717, 1.165) is 43.7 Å². The van der Waals surface area contributed by atoms with Crippen LogP contribution in [0.3, 0.4) is 0 Å². The molecule has 0 radical (unpaired) electrons. The minimum atomic E-state index is -0.631. The molecule has 8 heteroatoms. The number of piperidine rings is 1. The van der Waals surface area contributed by atoms with Crippen LogP contribution in [0.25, 0.3) is 0 Å². The first kappa shape index (κ1) is 23.0. The summed E-state index contributed by atoms with van der Waals surface area (Å²) in [6, 6.07) is 10.5. The third kappa shape index (κ3) is 5.92. The Balaban J connectivity index is 1.58. The lowest BCUT2D eigenvalue weighted by atomic mass is 9.90. The molecule has 3 N–H and O–H groups in total. The molecule has 166 valence electrons. The van der Waals surface area contributed by atoms with Crippen LogP contribution >= 0.6 is 11.3 Å². The van der Waals surface area contributed by atoms with Gasteiger partial charge in [-0.25, -0.2) is 4.79 Å². The quantitative estimate of drug-likeness (QED) is 0.610. The van der Waals surface area contributed by atoms with Crippen molar-refractivity contribution in [2.45, 2.75) is 33.1 Å². The number of hydrogen-bond donors (Lipinski definition) is 2. The number of anilines is 1. The molecule has 1 aromatic carbocycles. The highest BCUT2D eigenvalue weighted by atomic mass is 32.1. The van der Waals surface area contributed by atoms with E-state index in [1.807, 2.05) is 6.07 Å². The van der Waals surface area contributed by atoms with E-state index in [2.05, 4.69) is 34.5 Å². The number of nitrogens with two attached hydrogens (primary N) is 1. The van der Waals surface area contributed by atoms with Gasteiger partial charge in [0.05, 0.1) is 23.6 Å². The monoisotopic (exact) mass is 443 g/mol. The highest BCUT2D eigenvalue weighted by molar-refractivity contribution is 7.18. The summed E-state index contributed by atoms with van der Waals surface area (Å²) in [6.45, 7) is 5.48. The van der Waals surface area contributed by atoms with E-state index in [1.165, 1.54) is 5.56 Å². The summed E-state index contributed by atoms with van der Waals surface area (Å²) in [5.41, 5.74) is 7.41. The molecule has 0 saturated carbocycles. The summed E-state index contributed by atoms with van der Waals surface area (Å²) >= 11 is 1.01. The normalized spacial score (nSPS) is 14.9. The van der Waals surface area contributed by atoms with Crippen LogP contribution in [0.15, 0.2) is 30.3 Å². The first-order chi connectivity index (χ1) is 14.9. The Labute approximate surface area is 186 Å². The number of rotatable bonds is 8. The molecule has 1 aliphatic rings. The second-order valence-electron chi connectivity index (χ2n) is 7.80. The Hall–Kier alpha value is -2.71. The summed E-state index contributed by atoms with van der Waals surface area (Å²) in [7, 11) is 0. The fraction of sp³-hybridized carbons (Fsp3) is 0.435. The zero-order valence-electron chi connectivity index (χ0n) is 18.0. The highest BCUT2D eigenvalue weighted by Gasteiger charge is 2.27. The van der Waals surface area contributed by atoms with Crippen molar-refractivity contribution in [1.82, 2.24) is 4.90 Å². The van der Waals surface area contributed by atoms with Crippen molar-refractivity contribution in [2.75, 3.05) is 31.6 Å². The standard InChI is InChI=1S/C23H29N3O4S/c1-3-30-23(29)19-15(2)20(21(24)28)31-22(19)25-18(27)14-26-11-9-17(10-12-26)13-16-7-5-4-6-8-16/h4-8,17H,3,9-14H2,1-2H3,(H2,24,28)(H,25,27). The van der Waals surface area contributed by atoms with Gasteiger partial charge < -0.3 is 15.8 Å². The Morgan fingerprint density at radius 3 is 2.48 bits per heavy atom. The Morgan fingerprint density at radius 1 is 1.19 bits per heavy atom. The van der Waals surface area contributed by atoms with Gasteiger partial charge in [-0.3, -0.25) is 14.5 Å². The van der Waals surface area contributed by atoms with Crippen LogP contribution in [0.2, 0.25) is 0 Å². The number of hydrogen-bond acceptors (Lipinski definition) is 6. The number of carbonyl (C=O) groups excluding carboxylic acids is 3. The van der Waals surface area contributed by atoms with E-state index < -0.39 is 11.9 Å². The first-order valence-corrected chi connectivity index (χ1v) is 11.4. The largest absolute Gasteiger partial charge is 0.462 e. The van der Waals surface area contributed by atoms with Gasteiger partial charge in [0.15, 0.2) is 0 Å². The smallest absolute Gasteiger partial charge is 0.341 e. The molecule has 7 nitrogen and oxygen atoms in total. The minimum Gasteiger partial charge on any atom is -0.462 e. The number of esters is 1. The lowest BCUT2D eigenvalue weighted by Crippen LogP contribution is -2.39. The second-order valence-corrected chi connectivity index (χ2v) is 8.82. The molecule has 1 saturated heterocycles. The number of thiophene rings is 1. The second kappa shape index (κ2) is 10.5. The lowest BCUT2D eigenvalue weighted by molar-refractivity contribution is -0.117. The van der Waals surface area contributed by atoms with Gasteiger partial charge >= 0.3 is 5.97 Å². The zero-order valence-corrected chi connectivity index (χ0v) is 18.8. The van der Waals surface area contributed by atoms with E-state index in [0.29, 0.717) is 16.5 Å². The van der Waals surface area contributed by atoms with Crippen LogP contribution in [0, 0.1) is 12.8 Å². The maximum atomic E-state index is 12.7. The lowest BCUT2D eigenvalue weighted by Gasteiger charge is -2.31. The molecule has 0 atom stereocenters. The van der Waals surface area contributed by atoms with Crippen molar-refractivity contribution in [1.29, 1.82) is 0 Å². The highest BCUT2D eigenvalue weighted by Crippen LogP contribution is 2.33. The van der Waals surface area contributed by atoms with E-state index in [4.69, 9.17) is 10.5 Å². The van der Waals surface area contributed by atoms with Gasteiger partial charge in [-0.1, -0.05) is 30.3 Å². The number of nitrogens with one attached hydrogen (secondary N) is 1. The molecule has 31 heavy (non-hydrogen) atoms. The molecule has 1 aliphatic heterocycles. The molecular formula is C23H29N3O4S. The topological polar surface area (TPSA) is 102 Å². The summed E-state index contributed by atoms with van der Waals surface area (Å²) in [5.74, 6) is -0.797. The third-order valence-corrected chi connectivity index (χ3v) is 6.77. The first-order valence-electron chi connectivity index (χ1n) is 10.6. The van der Waals surface area contributed by atoms with Crippen molar-refractivity contribution < 1.29 is 19.1 Å². The van der Waals surface area contributed by atoms with Crippen LogP contribution in [0.4, 0.5) is 5.00 Å². The number of ether oxygens (including phenoxy) is 1. The van der Waals surface area contributed by atoms with Gasteiger partial charge in [0.1, 0.15) is 5.00 Å². The van der Waals surface area contributed by atoms with Crippen LogP contribution < -0.4 is 11.1 Å². The fourth-order valence-corrected chi connectivity index (χ4v) is 5.01. The maximum Gasteiger partial charge on any atom is 0.341 e. The van der Waals surface area contributed by atoms with E-state index >= 15 is 0 Å². The minimum absolute atomic E-state index is 0.200. The van der Waals surface area contributed by atoms with E-state index in [9.17, 15) is 14.4 Å². The number of likely N-dealkylation sites (tertiary alicyclic amines) is 1. The van der Waals surface area contributed by atoms with Crippen molar-refractivity contribution in [2.24, 2.45) is 11.7 Å². The molecule has 2 aromatic rings. The third-order valence-electron chi connectivity index (χ3n) is 5.54. The van der Waals surface area contributed by atoms with E-state index in [1.54, 1.807) is 13.8 Å². The van der Waals surface area contributed by atoms with Crippen LogP contribution in [0.5, 0.6) is 0 Å². The van der Waals surface area contributed by atoms with Crippen LogP contribution in [0.1, 0.15) is 50.9 Å². The van der Waals surface area contributed by atoms with Gasteiger partial charge in [0.25, 0.3) is 5.91 Å². The zero-order chi connectivity index (χ0) is 22.4. The average molecular weight is 444 g/mol. The Morgan fingerprint density at radius 2 is 1.87 bits per heavy atom. The van der Waals surface area contributed by atoms with Crippen LogP contribution in [-0.2, 0) is 16.0 Å². The maximum absolute atomic E-state index is 12.7. The van der Waals surface area contributed by atoms with Gasteiger partial charge in [-0.15, -0.1) is 11.3 Å². The molecule has 1 fully saturated rings. The summed E-state index contributed by atoms with van der Waals surface area (Å²) in [5, 5.41) is 3.11. The number of carbonyl (C=O) groups is 3. The average Bonchev–Trinajstić information content (AvgIpc) is 3.06. The SMILES string of the molecule is CCOC(=O)c1c(NC(=O)CN2CCC(Cc3ccccc3)CC2)sc(C(N)=O)c1C. The molecule has 0 unspecified atom stereocenters. The van der Waals surface area contributed by atoms with Crippen molar-refractivity contribution >= 4 is 34.1 Å². The van der Waals surface area contributed by atoms with Gasteiger partial charge in [-0.2, -0.15) is 0 Å². The molecule has 2 amide bonds. The molecule has 2 heterocycles. The molecule has 0 spiro atoms.